The number of benzene rings is 1. The summed E-state index contributed by atoms with van der Waals surface area (Å²) in [6.45, 7) is 1.95. The quantitative estimate of drug-likeness (QED) is 0.878. The van der Waals surface area contributed by atoms with Gasteiger partial charge < -0.3 is 10.1 Å². The van der Waals surface area contributed by atoms with Crippen LogP contribution in [0.4, 0.5) is 5.95 Å². The Morgan fingerprint density at radius 1 is 1.18 bits per heavy atom. The standard InChI is InChI=1S/C13H15N3O/c1-9-8-11(16-13(14-2)15-9)10-6-4-5-7-12(10)17-3/h4-8H,1-3H3,(H,14,15,16). The van der Waals surface area contributed by atoms with E-state index in [0.29, 0.717) is 5.95 Å². The molecule has 0 aliphatic heterocycles. The molecular weight excluding hydrogens is 214 g/mol. The Morgan fingerprint density at radius 3 is 2.65 bits per heavy atom. The molecule has 0 radical (unpaired) electrons. The van der Waals surface area contributed by atoms with Gasteiger partial charge in [0.1, 0.15) is 5.75 Å². The van der Waals surface area contributed by atoms with Crippen LogP contribution in [0.15, 0.2) is 30.3 Å². The first-order chi connectivity index (χ1) is 8.24. The molecule has 1 heterocycles. The van der Waals surface area contributed by atoms with Crippen LogP contribution in [0.5, 0.6) is 5.75 Å². The Balaban J connectivity index is 2.55. The summed E-state index contributed by atoms with van der Waals surface area (Å²) >= 11 is 0. The molecule has 4 heteroatoms. The summed E-state index contributed by atoms with van der Waals surface area (Å²) in [5.74, 6) is 1.43. The van der Waals surface area contributed by atoms with Crippen molar-refractivity contribution in [3.63, 3.8) is 0 Å². The van der Waals surface area contributed by atoms with Crippen LogP contribution >= 0.6 is 0 Å². The Hall–Kier alpha value is -2.10. The van der Waals surface area contributed by atoms with Gasteiger partial charge >= 0.3 is 0 Å². The number of para-hydroxylation sites is 1. The minimum atomic E-state index is 0.617. The summed E-state index contributed by atoms with van der Waals surface area (Å²) < 4.78 is 5.33. The second kappa shape index (κ2) is 4.82. The maximum absolute atomic E-state index is 5.33. The van der Waals surface area contributed by atoms with E-state index in [1.54, 1.807) is 14.2 Å². The maximum Gasteiger partial charge on any atom is 0.223 e. The van der Waals surface area contributed by atoms with Crippen molar-refractivity contribution in [2.75, 3.05) is 19.5 Å². The van der Waals surface area contributed by atoms with E-state index in [1.165, 1.54) is 0 Å². The molecule has 0 atom stereocenters. The van der Waals surface area contributed by atoms with E-state index < -0.39 is 0 Å². The van der Waals surface area contributed by atoms with Gasteiger partial charge in [-0.15, -0.1) is 0 Å². The Bertz CT molecular complexity index is 526. The first-order valence-corrected chi connectivity index (χ1v) is 5.41. The molecule has 2 rings (SSSR count). The van der Waals surface area contributed by atoms with Gasteiger partial charge in [-0.3, -0.25) is 0 Å². The van der Waals surface area contributed by atoms with Crippen LogP contribution in [0.1, 0.15) is 5.69 Å². The van der Waals surface area contributed by atoms with Crippen LogP contribution in [-0.4, -0.2) is 24.1 Å². The second-order valence-corrected chi connectivity index (χ2v) is 3.67. The number of aryl methyl sites for hydroxylation is 1. The molecule has 1 aromatic carbocycles. The monoisotopic (exact) mass is 229 g/mol. The zero-order chi connectivity index (χ0) is 12.3. The number of methoxy groups -OCH3 is 1. The molecule has 0 saturated carbocycles. The number of rotatable bonds is 3. The second-order valence-electron chi connectivity index (χ2n) is 3.67. The van der Waals surface area contributed by atoms with Crippen molar-refractivity contribution in [2.24, 2.45) is 0 Å². The van der Waals surface area contributed by atoms with Crippen LogP contribution in [0.25, 0.3) is 11.3 Å². The van der Waals surface area contributed by atoms with E-state index >= 15 is 0 Å². The third-order valence-corrected chi connectivity index (χ3v) is 2.46. The largest absolute Gasteiger partial charge is 0.496 e. The van der Waals surface area contributed by atoms with Gasteiger partial charge in [-0.05, 0) is 25.1 Å². The third kappa shape index (κ3) is 2.36. The highest BCUT2D eigenvalue weighted by atomic mass is 16.5. The Kier molecular flexibility index (Phi) is 3.23. The van der Waals surface area contributed by atoms with E-state index in [-0.39, 0.29) is 0 Å². The fourth-order valence-electron chi connectivity index (χ4n) is 1.67. The minimum absolute atomic E-state index is 0.617. The Morgan fingerprint density at radius 2 is 1.94 bits per heavy atom. The minimum Gasteiger partial charge on any atom is -0.496 e. The van der Waals surface area contributed by atoms with Crippen molar-refractivity contribution >= 4 is 5.95 Å². The molecule has 2 aromatic rings. The maximum atomic E-state index is 5.33. The predicted octanol–water partition coefficient (Wildman–Crippen LogP) is 2.50. The van der Waals surface area contributed by atoms with Gasteiger partial charge in [0.05, 0.1) is 12.8 Å². The van der Waals surface area contributed by atoms with Crippen molar-refractivity contribution in [1.82, 2.24) is 9.97 Å². The molecule has 0 saturated heterocycles. The van der Waals surface area contributed by atoms with E-state index in [1.807, 2.05) is 37.3 Å². The molecule has 1 aromatic heterocycles. The summed E-state index contributed by atoms with van der Waals surface area (Å²) in [4.78, 5) is 8.70. The zero-order valence-electron chi connectivity index (χ0n) is 10.2. The third-order valence-electron chi connectivity index (χ3n) is 2.46. The van der Waals surface area contributed by atoms with Crippen LogP contribution in [0, 0.1) is 6.92 Å². The molecular formula is C13H15N3O. The fourth-order valence-corrected chi connectivity index (χ4v) is 1.67. The molecule has 1 N–H and O–H groups in total. The number of hydrogen-bond acceptors (Lipinski definition) is 4. The van der Waals surface area contributed by atoms with Gasteiger partial charge in [0.25, 0.3) is 0 Å². The number of nitrogens with one attached hydrogen (secondary N) is 1. The topological polar surface area (TPSA) is 47.0 Å². The van der Waals surface area contributed by atoms with E-state index in [0.717, 1.165) is 22.7 Å². The highest BCUT2D eigenvalue weighted by molar-refractivity contribution is 5.68. The molecule has 0 spiro atoms. The van der Waals surface area contributed by atoms with Crippen molar-refractivity contribution in [3.05, 3.63) is 36.0 Å². The number of ether oxygens (including phenoxy) is 1. The van der Waals surface area contributed by atoms with Crippen molar-refractivity contribution in [2.45, 2.75) is 6.92 Å². The average Bonchev–Trinajstić information content (AvgIpc) is 2.37. The highest BCUT2D eigenvalue weighted by Crippen LogP contribution is 2.28. The fraction of sp³-hybridized carbons (Fsp3) is 0.231. The van der Waals surface area contributed by atoms with Gasteiger partial charge in [0, 0.05) is 18.3 Å². The molecule has 4 nitrogen and oxygen atoms in total. The Labute approximate surface area is 101 Å². The lowest BCUT2D eigenvalue weighted by atomic mass is 10.1. The normalized spacial score (nSPS) is 10.1. The first-order valence-electron chi connectivity index (χ1n) is 5.41. The summed E-state index contributed by atoms with van der Waals surface area (Å²) in [5, 5.41) is 2.95. The SMILES string of the molecule is CNc1nc(C)cc(-c2ccccc2OC)n1. The van der Waals surface area contributed by atoms with Crippen LogP contribution in [-0.2, 0) is 0 Å². The van der Waals surface area contributed by atoms with Gasteiger partial charge in [-0.1, -0.05) is 12.1 Å². The van der Waals surface area contributed by atoms with Crippen LogP contribution in [0.3, 0.4) is 0 Å². The number of hydrogen-bond donors (Lipinski definition) is 1. The van der Waals surface area contributed by atoms with Crippen LogP contribution in [0.2, 0.25) is 0 Å². The first kappa shape index (κ1) is 11.4. The summed E-state index contributed by atoms with van der Waals surface area (Å²) in [6, 6.07) is 9.76. The van der Waals surface area contributed by atoms with E-state index in [4.69, 9.17) is 4.74 Å². The average molecular weight is 229 g/mol. The summed E-state index contributed by atoms with van der Waals surface area (Å²) in [6.07, 6.45) is 0. The molecule has 0 amide bonds. The van der Waals surface area contributed by atoms with Crippen molar-refractivity contribution in [3.8, 4) is 17.0 Å². The van der Waals surface area contributed by atoms with Gasteiger partial charge in [-0.2, -0.15) is 0 Å². The smallest absolute Gasteiger partial charge is 0.223 e. The lowest BCUT2D eigenvalue weighted by molar-refractivity contribution is 0.416. The van der Waals surface area contributed by atoms with Gasteiger partial charge in [0.15, 0.2) is 0 Å². The van der Waals surface area contributed by atoms with Crippen LogP contribution < -0.4 is 10.1 Å². The van der Waals surface area contributed by atoms with E-state index in [2.05, 4.69) is 15.3 Å². The van der Waals surface area contributed by atoms with Gasteiger partial charge in [0.2, 0.25) is 5.95 Å². The number of nitrogens with zero attached hydrogens (tertiary/aromatic N) is 2. The molecule has 0 bridgehead atoms. The van der Waals surface area contributed by atoms with Crippen molar-refractivity contribution in [1.29, 1.82) is 0 Å². The van der Waals surface area contributed by atoms with E-state index in [9.17, 15) is 0 Å². The number of anilines is 1. The molecule has 88 valence electrons. The lowest BCUT2D eigenvalue weighted by Gasteiger charge is -2.09. The highest BCUT2D eigenvalue weighted by Gasteiger charge is 2.08. The summed E-state index contributed by atoms with van der Waals surface area (Å²) in [7, 11) is 3.46. The molecule has 0 fully saturated rings. The van der Waals surface area contributed by atoms with Crippen molar-refractivity contribution < 1.29 is 4.74 Å². The molecule has 0 unspecified atom stereocenters. The van der Waals surface area contributed by atoms with Gasteiger partial charge in [-0.25, -0.2) is 9.97 Å². The number of aromatic nitrogens is 2. The summed E-state index contributed by atoms with van der Waals surface area (Å²) in [5.41, 5.74) is 2.75. The molecule has 17 heavy (non-hydrogen) atoms. The zero-order valence-corrected chi connectivity index (χ0v) is 10.2. The lowest BCUT2D eigenvalue weighted by Crippen LogP contribution is -2.00. The predicted molar refractivity (Wildman–Crippen MR) is 68.3 cm³/mol. The molecule has 0 aliphatic rings. The molecule has 0 aliphatic carbocycles.